The molecule has 0 saturated heterocycles. The van der Waals surface area contributed by atoms with Crippen molar-refractivity contribution < 1.29 is 0 Å². The predicted octanol–water partition coefficient (Wildman–Crippen LogP) is 2.41. The van der Waals surface area contributed by atoms with Crippen LogP contribution in [0.1, 0.15) is 32.1 Å². The maximum Gasteiger partial charge on any atom is 0.143 e. The SMILES string of the molecule is c1cc(NC2CCCCC2)cc(-n2cnnn2)c1. The number of nitrogens with one attached hydrogen (secondary N) is 1. The van der Waals surface area contributed by atoms with Gasteiger partial charge in [0.25, 0.3) is 0 Å². The summed E-state index contributed by atoms with van der Waals surface area (Å²) in [6, 6.07) is 8.83. The largest absolute Gasteiger partial charge is 0.382 e. The molecule has 0 amide bonds. The second kappa shape index (κ2) is 5.16. The summed E-state index contributed by atoms with van der Waals surface area (Å²) >= 11 is 0. The van der Waals surface area contributed by atoms with Crippen molar-refractivity contribution in [2.75, 3.05) is 5.32 Å². The van der Waals surface area contributed by atoms with E-state index in [-0.39, 0.29) is 0 Å². The zero-order valence-electron chi connectivity index (χ0n) is 10.3. The van der Waals surface area contributed by atoms with Crippen molar-refractivity contribution in [2.45, 2.75) is 38.1 Å². The van der Waals surface area contributed by atoms with Crippen LogP contribution in [0.4, 0.5) is 5.69 Å². The fourth-order valence-electron chi connectivity index (χ4n) is 2.50. The lowest BCUT2D eigenvalue weighted by Crippen LogP contribution is -2.22. The Labute approximate surface area is 106 Å². The minimum absolute atomic E-state index is 0.614. The standard InChI is InChI=1S/C13H17N5/c1-2-5-11(6-3-1)15-12-7-4-8-13(9-12)18-10-14-16-17-18/h4,7-11,15H,1-3,5-6H2. The van der Waals surface area contributed by atoms with Gasteiger partial charge >= 0.3 is 0 Å². The summed E-state index contributed by atoms with van der Waals surface area (Å²) < 4.78 is 1.67. The first-order valence-corrected chi connectivity index (χ1v) is 6.52. The van der Waals surface area contributed by atoms with Gasteiger partial charge in [-0.3, -0.25) is 0 Å². The molecule has 5 heteroatoms. The van der Waals surface area contributed by atoms with Gasteiger partial charge in [0.15, 0.2) is 0 Å². The predicted molar refractivity (Wildman–Crippen MR) is 69.6 cm³/mol. The Kier molecular flexibility index (Phi) is 3.21. The molecule has 1 aromatic heterocycles. The third kappa shape index (κ3) is 2.50. The van der Waals surface area contributed by atoms with Crippen LogP contribution in [0.3, 0.4) is 0 Å². The molecular weight excluding hydrogens is 226 g/mol. The van der Waals surface area contributed by atoms with E-state index in [0.29, 0.717) is 6.04 Å². The minimum atomic E-state index is 0.614. The van der Waals surface area contributed by atoms with Crippen LogP contribution in [0.5, 0.6) is 0 Å². The van der Waals surface area contributed by atoms with Crippen LogP contribution in [0.2, 0.25) is 0 Å². The summed E-state index contributed by atoms with van der Waals surface area (Å²) in [6.45, 7) is 0. The van der Waals surface area contributed by atoms with E-state index in [1.165, 1.54) is 32.1 Å². The average Bonchev–Trinajstić information content (AvgIpc) is 2.94. The molecule has 1 heterocycles. The van der Waals surface area contributed by atoms with Crippen molar-refractivity contribution >= 4 is 5.69 Å². The topological polar surface area (TPSA) is 55.6 Å². The second-order valence-corrected chi connectivity index (χ2v) is 4.78. The maximum atomic E-state index is 3.90. The van der Waals surface area contributed by atoms with Crippen LogP contribution < -0.4 is 5.32 Å². The van der Waals surface area contributed by atoms with Crippen LogP contribution >= 0.6 is 0 Å². The molecule has 1 aliphatic rings. The Hall–Kier alpha value is -1.91. The van der Waals surface area contributed by atoms with Crippen LogP contribution in [0.15, 0.2) is 30.6 Å². The Morgan fingerprint density at radius 3 is 2.83 bits per heavy atom. The van der Waals surface area contributed by atoms with E-state index in [9.17, 15) is 0 Å². The number of nitrogens with zero attached hydrogens (tertiary/aromatic N) is 4. The molecule has 1 saturated carbocycles. The Bertz CT molecular complexity index is 488. The zero-order valence-corrected chi connectivity index (χ0v) is 10.3. The van der Waals surface area contributed by atoms with Gasteiger partial charge in [0.2, 0.25) is 0 Å². The highest BCUT2D eigenvalue weighted by atomic mass is 15.5. The number of rotatable bonds is 3. The van der Waals surface area contributed by atoms with Crippen molar-refractivity contribution in [1.29, 1.82) is 0 Å². The van der Waals surface area contributed by atoms with Crippen molar-refractivity contribution in [3.8, 4) is 5.69 Å². The second-order valence-electron chi connectivity index (χ2n) is 4.78. The van der Waals surface area contributed by atoms with Gasteiger partial charge in [0.05, 0.1) is 5.69 Å². The van der Waals surface area contributed by atoms with Crippen molar-refractivity contribution in [3.05, 3.63) is 30.6 Å². The summed E-state index contributed by atoms with van der Waals surface area (Å²) in [5.41, 5.74) is 2.13. The third-order valence-electron chi connectivity index (χ3n) is 3.44. The van der Waals surface area contributed by atoms with Crippen LogP contribution in [0, 0.1) is 0 Å². The third-order valence-corrected chi connectivity index (χ3v) is 3.44. The number of tetrazole rings is 1. The molecule has 0 unspecified atom stereocenters. The van der Waals surface area contributed by atoms with E-state index in [1.54, 1.807) is 11.0 Å². The lowest BCUT2D eigenvalue weighted by atomic mass is 9.95. The molecule has 0 atom stereocenters. The van der Waals surface area contributed by atoms with E-state index in [4.69, 9.17) is 0 Å². The highest BCUT2D eigenvalue weighted by Crippen LogP contribution is 2.22. The van der Waals surface area contributed by atoms with Gasteiger partial charge in [0, 0.05) is 11.7 Å². The lowest BCUT2D eigenvalue weighted by Gasteiger charge is -2.24. The smallest absolute Gasteiger partial charge is 0.143 e. The molecule has 0 bridgehead atoms. The molecule has 1 N–H and O–H groups in total. The first-order valence-electron chi connectivity index (χ1n) is 6.52. The molecule has 1 aliphatic carbocycles. The molecule has 0 spiro atoms. The fourth-order valence-corrected chi connectivity index (χ4v) is 2.50. The van der Waals surface area contributed by atoms with Gasteiger partial charge in [-0.25, -0.2) is 4.68 Å². The van der Waals surface area contributed by atoms with Crippen molar-refractivity contribution in [3.63, 3.8) is 0 Å². The normalized spacial score (nSPS) is 16.7. The lowest BCUT2D eigenvalue weighted by molar-refractivity contribution is 0.463. The van der Waals surface area contributed by atoms with Gasteiger partial charge in [-0.2, -0.15) is 0 Å². The number of aromatic nitrogens is 4. The number of benzene rings is 1. The number of hydrogen-bond acceptors (Lipinski definition) is 4. The minimum Gasteiger partial charge on any atom is -0.382 e. The molecule has 1 aromatic carbocycles. The van der Waals surface area contributed by atoms with Gasteiger partial charge in [-0.1, -0.05) is 25.3 Å². The van der Waals surface area contributed by atoms with Crippen LogP contribution in [0.25, 0.3) is 5.69 Å². The quantitative estimate of drug-likeness (QED) is 0.899. The highest BCUT2D eigenvalue weighted by Gasteiger charge is 2.12. The fraction of sp³-hybridized carbons (Fsp3) is 0.462. The summed E-state index contributed by atoms with van der Waals surface area (Å²) in [5.74, 6) is 0. The highest BCUT2D eigenvalue weighted by molar-refractivity contribution is 5.51. The first-order chi connectivity index (χ1) is 8.92. The summed E-state index contributed by atoms with van der Waals surface area (Å²) in [4.78, 5) is 0. The molecule has 1 fully saturated rings. The molecule has 2 aromatic rings. The monoisotopic (exact) mass is 243 g/mol. The molecule has 3 rings (SSSR count). The number of anilines is 1. The van der Waals surface area contributed by atoms with E-state index in [0.717, 1.165) is 11.4 Å². The molecular formula is C13H17N5. The van der Waals surface area contributed by atoms with E-state index in [1.807, 2.05) is 12.1 Å². The number of hydrogen-bond donors (Lipinski definition) is 1. The Morgan fingerprint density at radius 2 is 2.06 bits per heavy atom. The average molecular weight is 243 g/mol. The molecule has 5 nitrogen and oxygen atoms in total. The van der Waals surface area contributed by atoms with Gasteiger partial charge < -0.3 is 5.32 Å². The molecule has 18 heavy (non-hydrogen) atoms. The van der Waals surface area contributed by atoms with E-state index < -0.39 is 0 Å². The molecule has 0 radical (unpaired) electrons. The Balaban J connectivity index is 1.74. The van der Waals surface area contributed by atoms with Crippen molar-refractivity contribution in [1.82, 2.24) is 20.2 Å². The van der Waals surface area contributed by atoms with Gasteiger partial charge in [0.1, 0.15) is 6.33 Å². The van der Waals surface area contributed by atoms with Gasteiger partial charge in [-0.15, -0.1) is 5.10 Å². The molecule has 94 valence electrons. The van der Waals surface area contributed by atoms with Crippen molar-refractivity contribution in [2.24, 2.45) is 0 Å². The Morgan fingerprint density at radius 1 is 1.17 bits per heavy atom. The van der Waals surface area contributed by atoms with E-state index >= 15 is 0 Å². The van der Waals surface area contributed by atoms with E-state index in [2.05, 4.69) is 33.0 Å². The summed E-state index contributed by atoms with van der Waals surface area (Å²) in [6.07, 6.45) is 8.21. The van der Waals surface area contributed by atoms with Gasteiger partial charge in [-0.05, 0) is 41.5 Å². The van der Waals surface area contributed by atoms with Crippen LogP contribution in [-0.4, -0.2) is 26.2 Å². The summed E-state index contributed by atoms with van der Waals surface area (Å²) in [7, 11) is 0. The molecule has 0 aliphatic heterocycles. The van der Waals surface area contributed by atoms with Crippen LogP contribution in [-0.2, 0) is 0 Å². The zero-order chi connectivity index (χ0) is 12.2. The maximum absolute atomic E-state index is 3.90. The summed E-state index contributed by atoms with van der Waals surface area (Å²) in [5, 5.41) is 14.8. The first kappa shape index (κ1) is 11.2.